The Hall–Kier alpha value is -2.00. The molecule has 8 nitrogen and oxygen atoms in total. The highest BCUT2D eigenvalue weighted by Gasteiger charge is 2.32. The number of hydrogen-bond donors (Lipinski definition) is 1. The van der Waals surface area contributed by atoms with E-state index in [-0.39, 0.29) is 0 Å². The number of piperidine rings is 1. The molecule has 0 aliphatic carbocycles. The van der Waals surface area contributed by atoms with Crippen molar-refractivity contribution in [1.82, 2.24) is 24.1 Å². The average Bonchev–Trinajstić information content (AvgIpc) is 2.94. The fourth-order valence-corrected chi connectivity index (χ4v) is 5.41. The van der Waals surface area contributed by atoms with Crippen LogP contribution in [0.5, 0.6) is 0 Å². The maximum absolute atomic E-state index is 13.1. The number of nitrogens with two attached hydrogens (primary N) is 1. The Morgan fingerprint density at radius 2 is 1.89 bits per heavy atom. The molecule has 0 bridgehead atoms. The Labute approximate surface area is 167 Å². The van der Waals surface area contributed by atoms with E-state index in [1.807, 2.05) is 13.0 Å². The average molecular weight is 407 g/mol. The number of aromatic nitrogens is 4. The number of rotatable bonds is 6. The molecule has 154 valence electrons. The standard InChI is InChI=1S/C19H30N6O2S/c1-13(2)11-24-12-18(14(3)23-24)28(26,27)25-7-5-16(6-8-25)9-17-10-19(20)22-15(4)21-17/h10,12-13,16H,5-9,11H2,1-4H3,(H2,20,21,22). The minimum Gasteiger partial charge on any atom is -0.384 e. The van der Waals surface area contributed by atoms with E-state index in [0.717, 1.165) is 25.0 Å². The third-order valence-corrected chi connectivity index (χ3v) is 7.06. The van der Waals surface area contributed by atoms with E-state index in [9.17, 15) is 8.42 Å². The number of nitrogens with zero attached hydrogens (tertiary/aromatic N) is 5. The van der Waals surface area contributed by atoms with Gasteiger partial charge < -0.3 is 5.73 Å². The number of sulfonamides is 1. The van der Waals surface area contributed by atoms with Gasteiger partial charge in [-0.05, 0) is 44.9 Å². The summed E-state index contributed by atoms with van der Waals surface area (Å²) in [5, 5.41) is 4.38. The quantitative estimate of drug-likeness (QED) is 0.788. The highest BCUT2D eigenvalue weighted by molar-refractivity contribution is 7.89. The van der Waals surface area contributed by atoms with E-state index < -0.39 is 10.0 Å². The van der Waals surface area contributed by atoms with Gasteiger partial charge in [0.05, 0.1) is 5.69 Å². The molecule has 3 heterocycles. The van der Waals surface area contributed by atoms with Crippen LogP contribution in [-0.4, -0.2) is 45.6 Å². The second kappa shape index (κ2) is 8.16. The van der Waals surface area contributed by atoms with Crippen molar-refractivity contribution in [3.63, 3.8) is 0 Å². The lowest BCUT2D eigenvalue weighted by Crippen LogP contribution is -2.39. The van der Waals surface area contributed by atoms with E-state index in [1.54, 1.807) is 22.1 Å². The van der Waals surface area contributed by atoms with Crippen LogP contribution in [0.25, 0.3) is 0 Å². The maximum Gasteiger partial charge on any atom is 0.246 e. The Kier molecular flexibility index (Phi) is 6.04. The molecule has 0 amide bonds. The predicted octanol–water partition coefficient (Wildman–Crippen LogP) is 2.17. The normalized spacial score (nSPS) is 16.8. The minimum absolute atomic E-state index is 0.325. The van der Waals surface area contributed by atoms with Gasteiger partial charge >= 0.3 is 0 Å². The van der Waals surface area contributed by atoms with Crippen LogP contribution < -0.4 is 5.73 Å². The molecule has 0 spiro atoms. The molecule has 0 radical (unpaired) electrons. The van der Waals surface area contributed by atoms with Gasteiger partial charge in [0.2, 0.25) is 10.0 Å². The zero-order valence-corrected chi connectivity index (χ0v) is 17.9. The fraction of sp³-hybridized carbons (Fsp3) is 0.632. The van der Waals surface area contributed by atoms with E-state index >= 15 is 0 Å². The first-order valence-electron chi connectivity index (χ1n) is 9.79. The maximum atomic E-state index is 13.1. The largest absolute Gasteiger partial charge is 0.384 e. The monoisotopic (exact) mass is 406 g/mol. The highest BCUT2D eigenvalue weighted by Crippen LogP contribution is 2.27. The van der Waals surface area contributed by atoms with Gasteiger partial charge in [0.25, 0.3) is 0 Å². The van der Waals surface area contributed by atoms with Crippen LogP contribution in [0.3, 0.4) is 0 Å². The Morgan fingerprint density at radius 3 is 2.50 bits per heavy atom. The molecular formula is C19H30N6O2S. The summed E-state index contributed by atoms with van der Waals surface area (Å²) in [5.41, 5.74) is 7.30. The van der Waals surface area contributed by atoms with Crippen LogP contribution in [0.2, 0.25) is 0 Å². The summed E-state index contributed by atoms with van der Waals surface area (Å²) < 4.78 is 29.5. The van der Waals surface area contributed by atoms with E-state index in [0.29, 0.717) is 53.7 Å². The van der Waals surface area contributed by atoms with Crippen LogP contribution in [0.1, 0.15) is 43.9 Å². The summed E-state index contributed by atoms with van der Waals surface area (Å²) >= 11 is 0. The first-order chi connectivity index (χ1) is 13.1. The molecule has 0 aromatic carbocycles. The molecule has 1 saturated heterocycles. The van der Waals surface area contributed by atoms with Gasteiger partial charge in [-0.15, -0.1) is 0 Å². The summed E-state index contributed by atoms with van der Waals surface area (Å²) in [7, 11) is -3.51. The van der Waals surface area contributed by atoms with Gasteiger partial charge in [-0.2, -0.15) is 9.40 Å². The summed E-state index contributed by atoms with van der Waals surface area (Å²) in [4.78, 5) is 8.88. The Bertz CT molecular complexity index is 910. The van der Waals surface area contributed by atoms with Gasteiger partial charge in [-0.3, -0.25) is 4.68 Å². The molecule has 0 atom stereocenters. The lowest BCUT2D eigenvalue weighted by atomic mass is 9.93. The summed E-state index contributed by atoms with van der Waals surface area (Å²) in [5.74, 6) is 1.95. The number of nitrogen functional groups attached to an aromatic ring is 1. The van der Waals surface area contributed by atoms with Gasteiger partial charge in [0, 0.05) is 37.6 Å². The zero-order chi connectivity index (χ0) is 20.5. The lowest BCUT2D eigenvalue weighted by molar-refractivity contribution is 0.271. The second-order valence-electron chi connectivity index (χ2n) is 8.08. The molecule has 0 unspecified atom stereocenters. The molecule has 1 aliphatic rings. The molecule has 0 saturated carbocycles. The number of aryl methyl sites for hydroxylation is 2. The van der Waals surface area contributed by atoms with Gasteiger partial charge in [0.15, 0.2) is 0 Å². The van der Waals surface area contributed by atoms with Crippen molar-refractivity contribution < 1.29 is 8.42 Å². The molecule has 2 aromatic rings. The van der Waals surface area contributed by atoms with Gasteiger partial charge in [0.1, 0.15) is 16.5 Å². The molecule has 28 heavy (non-hydrogen) atoms. The van der Waals surface area contributed by atoms with Crippen LogP contribution in [0, 0.1) is 25.7 Å². The SMILES string of the molecule is Cc1nc(N)cc(CC2CCN(S(=O)(=O)c3cn(CC(C)C)nc3C)CC2)n1. The van der Waals surface area contributed by atoms with Crippen molar-refractivity contribution in [2.75, 3.05) is 18.8 Å². The van der Waals surface area contributed by atoms with E-state index in [4.69, 9.17) is 5.73 Å². The minimum atomic E-state index is -3.51. The first kappa shape index (κ1) is 20.7. The molecule has 9 heteroatoms. The molecular weight excluding hydrogens is 376 g/mol. The van der Waals surface area contributed by atoms with Crippen molar-refractivity contribution in [2.45, 2.75) is 58.4 Å². The van der Waals surface area contributed by atoms with Crippen molar-refractivity contribution in [1.29, 1.82) is 0 Å². The summed E-state index contributed by atoms with van der Waals surface area (Å²) in [6.45, 7) is 9.50. The van der Waals surface area contributed by atoms with Crippen LogP contribution >= 0.6 is 0 Å². The molecule has 3 rings (SSSR count). The van der Waals surface area contributed by atoms with E-state index in [2.05, 4.69) is 28.9 Å². The molecule has 2 N–H and O–H groups in total. The third-order valence-electron chi connectivity index (χ3n) is 5.05. The predicted molar refractivity (Wildman–Crippen MR) is 108 cm³/mol. The lowest BCUT2D eigenvalue weighted by Gasteiger charge is -2.31. The van der Waals surface area contributed by atoms with Gasteiger partial charge in [-0.1, -0.05) is 13.8 Å². The molecule has 1 aliphatic heterocycles. The summed E-state index contributed by atoms with van der Waals surface area (Å²) in [6.07, 6.45) is 4.08. The topological polar surface area (TPSA) is 107 Å². The van der Waals surface area contributed by atoms with E-state index in [1.165, 1.54) is 0 Å². The van der Waals surface area contributed by atoms with Crippen LogP contribution in [0.15, 0.2) is 17.2 Å². The fourth-order valence-electron chi connectivity index (χ4n) is 3.77. The third kappa shape index (κ3) is 4.70. The van der Waals surface area contributed by atoms with Gasteiger partial charge in [-0.25, -0.2) is 18.4 Å². The zero-order valence-electron chi connectivity index (χ0n) is 17.1. The van der Waals surface area contributed by atoms with Crippen molar-refractivity contribution in [2.24, 2.45) is 11.8 Å². The molecule has 1 fully saturated rings. The van der Waals surface area contributed by atoms with Crippen molar-refractivity contribution >= 4 is 15.8 Å². The number of hydrogen-bond acceptors (Lipinski definition) is 6. The smallest absolute Gasteiger partial charge is 0.246 e. The Morgan fingerprint density at radius 1 is 1.21 bits per heavy atom. The summed E-state index contributed by atoms with van der Waals surface area (Å²) in [6, 6.07) is 1.81. The first-order valence-corrected chi connectivity index (χ1v) is 11.2. The van der Waals surface area contributed by atoms with Crippen LogP contribution in [-0.2, 0) is 23.0 Å². The second-order valence-corrected chi connectivity index (χ2v) is 9.98. The Balaban J connectivity index is 1.66. The van der Waals surface area contributed by atoms with Crippen LogP contribution in [0.4, 0.5) is 5.82 Å². The number of anilines is 1. The highest BCUT2D eigenvalue weighted by atomic mass is 32.2. The molecule has 2 aromatic heterocycles. The van der Waals surface area contributed by atoms with Crippen molar-refractivity contribution in [3.05, 3.63) is 29.5 Å². The van der Waals surface area contributed by atoms with Crippen molar-refractivity contribution in [3.8, 4) is 0 Å².